The fraction of sp³-hybridized carbons (Fsp3) is 0.455. The summed E-state index contributed by atoms with van der Waals surface area (Å²) in [4.78, 5) is 27.9. The largest absolute Gasteiger partial charge is 0.481 e. The molecule has 2 aliphatic rings. The molecule has 2 aromatic rings. The van der Waals surface area contributed by atoms with Crippen molar-refractivity contribution in [1.29, 1.82) is 0 Å². The predicted molar refractivity (Wildman–Crippen MR) is 105 cm³/mol. The van der Waals surface area contributed by atoms with Gasteiger partial charge in [0.25, 0.3) is 0 Å². The predicted octanol–water partition coefficient (Wildman–Crippen LogP) is 3.15. The molecule has 2 saturated heterocycles. The summed E-state index contributed by atoms with van der Waals surface area (Å²) in [5.41, 5.74) is 1.75. The van der Waals surface area contributed by atoms with Crippen LogP contribution in [0.5, 0.6) is 0 Å². The number of carboxylic acid groups (broad SMARTS) is 1. The molecule has 1 aromatic carbocycles. The average Bonchev–Trinajstić information content (AvgIpc) is 3.22. The lowest BCUT2D eigenvalue weighted by molar-refractivity contribution is -0.146. The molecule has 2 fully saturated rings. The number of carbonyl (C=O) groups excluding carboxylic acids is 1. The molecular weight excluding hydrogens is 356 g/mol. The van der Waals surface area contributed by atoms with Gasteiger partial charge in [0.15, 0.2) is 0 Å². The number of aliphatic carboxylic acids is 1. The van der Waals surface area contributed by atoms with Gasteiger partial charge in [-0.15, -0.1) is 0 Å². The van der Waals surface area contributed by atoms with Gasteiger partial charge in [-0.05, 0) is 37.5 Å². The first kappa shape index (κ1) is 18.7. The highest BCUT2D eigenvalue weighted by molar-refractivity contribution is 5.88. The molecule has 4 rings (SSSR count). The van der Waals surface area contributed by atoms with Crippen LogP contribution in [-0.2, 0) is 16.1 Å². The SMILES string of the molecule is Cc1ccc(-c2ccc(CN3CCC4(CC3)[C@@H](C(=O)O)CC(=O)N4C)cc2)o1. The molecule has 0 saturated carbocycles. The Morgan fingerprint density at radius 3 is 2.43 bits per heavy atom. The van der Waals surface area contributed by atoms with Gasteiger partial charge in [-0.1, -0.05) is 24.3 Å². The Bertz CT molecular complexity index is 878. The summed E-state index contributed by atoms with van der Waals surface area (Å²) < 4.78 is 5.67. The number of rotatable bonds is 4. The van der Waals surface area contributed by atoms with Crippen molar-refractivity contribution >= 4 is 11.9 Å². The van der Waals surface area contributed by atoms with Crippen molar-refractivity contribution in [2.75, 3.05) is 20.1 Å². The molecule has 0 bridgehead atoms. The van der Waals surface area contributed by atoms with Crippen LogP contribution in [0.2, 0.25) is 0 Å². The summed E-state index contributed by atoms with van der Waals surface area (Å²) in [7, 11) is 1.76. The number of hydrogen-bond donors (Lipinski definition) is 1. The summed E-state index contributed by atoms with van der Waals surface area (Å²) in [5.74, 6) is 0.275. The number of carboxylic acids is 1. The van der Waals surface area contributed by atoms with Gasteiger partial charge in [-0.25, -0.2) is 0 Å². The first-order chi connectivity index (χ1) is 13.4. The number of carbonyl (C=O) groups is 2. The Labute approximate surface area is 164 Å². The van der Waals surface area contributed by atoms with E-state index < -0.39 is 17.4 Å². The van der Waals surface area contributed by atoms with Gasteiger partial charge in [0, 0.05) is 38.7 Å². The second-order valence-electron chi connectivity index (χ2n) is 8.03. The molecule has 1 amide bonds. The minimum atomic E-state index is -0.852. The number of likely N-dealkylation sites (tertiary alicyclic amines) is 2. The molecule has 1 spiro atoms. The van der Waals surface area contributed by atoms with E-state index in [1.165, 1.54) is 5.56 Å². The lowest BCUT2D eigenvalue weighted by atomic mass is 9.77. The highest BCUT2D eigenvalue weighted by Gasteiger charge is 2.55. The third-order valence-corrected chi connectivity index (χ3v) is 6.47. The smallest absolute Gasteiger partial charge is 0.309 e. The monoisotopic (exact) mass is 382 g/mol. The fourth-order valence-corrected chi connectivity index (χ4v) is 4.71. The Morgan fingerprint density at radius 2 is 1.86 bits per heavy atom. The minimum absolute atomic E-state index is 0.0513. The van der Waals surface area contributed by atoms with E-state index in [0.717, 1.165) is 36.7 Å². The van der Waals surface area contributed by atoms with Gasteiger partial charge in [0.2, 0.25) is 5.91 Å². The Balaban J connectivity index is 1.40. The highest BCUT2D eigenvalue weighted by atomic mass is 16.4. The second kappa shape index (κ2) is 7.09. The molecule has 28 heavy (non-hydrogen) atoms. The van der Waals surface area contributed by atoms with Gasteiger partial charge in [-0.3, -0.25) is 14.5 Å². The summed E-state index contributed by atoms with van der Waals surface area (Å²) in [6, 6.07) is 12.3. The van der Waals surface area contributed by atoms with E-state index in [4.69, 9.17) is 4.42 Å². The van der Waals surface area contributed by atoms with Crippen LogP contribution in [0.25, 0.3) is 11.3 Å². The van der Waals surface area contributed by atoms with E-state index in [-0.39, 0.29) is 12.3 Å². The standard InChI is InChI=1S/C22H26N2O4/c1-15-3-8-19(28-15)17-6-4-16(5-7-17)14-24-11-9-22(10-12-24)18(21(26)27)13-20(25)23(22)2/h3-8,18H,9-14H2,1-2H3,(H,26,27)/t18-/m1/s1. The number of benzene rings is 1. The molecule has 0 aliphatic carbocycles. The molecule has 6 nitrogen and oxygen atoms in total. The summed E-state index contributed by atoms with van der Waals surface area (Å²) in [6.07, 6.45) is 1.53. The van der Waals surface area contributed by atoms with Crippen molar-refractivity contribution in [2.45, 2.75) is 38.3 Å². The third kappa shape index (κ3) is 3.22. The van der Waals surface area contributed by atoms with Crippen LogP contribution in [0.4, 0.5) is 0 Å². The normalized spacial score (nSPS) is 22.1. The van der Waals surface area contributed by atoms with Gasteiger partial charge < -0.3 is 14.4 Å². The van der Waals surface area contributed by atoms with Gasteiger partial charge >= 0.3 is 5.97 Å². The van der Waals surface area contributed by atoms with Crippen molar-refractivity contribution in [1.82, 2.24) is 9.80 Å². The van der Waals surface area contributed by atoms with E-state index in [1.807, 2.05) is 19.1 Å². The maximum absolute atomic E-state index is 12.1. The van der Waals surface area contributed by atoms with Crippen LogP contribution < -0.4 is 0 Å². The van der Waals surface area contributed by atoms with Crippen LogP contribution in [0.3, 0.4) is 0 Å². The van der Waals surface area contributed by atoms with Crippen LogP contribution in [0.1, 0.15) is 30.6 Å². The number of nitrogens with zero attached hydrogens (tertiary/aromatic N) is 2. The van der Waals surface area contributed by atoms with E-state index in [9.17, 15) is 14.7 Å². The number of piperidine rings is 1. The Morgan fingerprint density at radius 1 is 1.18 bits per heavy atom. The van der Waals surface area contributed by atoms with Gasteiger partial charge in [-0.2, -0.15) is 0 Å². The average molecular weight is 382 g/mol. The fourth-order valence-electron chi connectivity index (χ4n) is 4.71. The van der Waals surface area contributed by atoms with Crippen molar-refractivity contribution in [3.63, 3.8) is 0 Å². The zero-order valence-electron chi connectivity index (χ0n) is 16.4. The maximum atomic E-state index is 12.1. The van der Waals surface area contributed by atoms with E-state index in [0.29, 0.717) is 12.8 Å². The lowest BCUT2D eigenvalue weighted by Gasteiger charge is -2.45. The highest BCUT2D eigenvalue weighted by Crippen LogP contribution is 2.43. The van der Waals surface area contributed by atoms with Crippen LogP contribution in [0, 0.1) is 12.8 Å². The van der Waals surface area contributed by atoms with Crippen LogP contribution in [0.15, 0.2) is 40.8 Å². The van der Waals surface area contributed by atoms with Crippen molar-refractivity contribution in [3.05, 3.63) is 47.7 Å². The number of hydrogen-bond acceptors (Lipinski definition) is 4. The summed E-state index contributed by atoms with van der Waals surface area (Å²) in [5, 5.41) is 9.59. The Hall–Kier alpha value is -2.60. The number of aryl methyl sites for hydroxylation is 1. The molecule has 1 aromatic heterocycles. The lowest BCUT2D eigenvalue weighted by Crippen LogP contribution is -2.55. The molecular formula is C22H26N2O4. The van der Waals surface area contributed by atoms with Crippen molar-refractivity contribution in [3.8, 4) is 11.3 Å². The first-order valence-electron chi connectivity index (χ1n) is 9.77. The van der Waals surface area contributed by atoms with E-state index in [1.54, 1.807) is 11.9 Å². The van der Waals surface area contributed by atoms with E-state index in [2.05, 4.69) is 29.2 Å². The molecule has 1 atom stereocenters. The quantitative estimate of drug-likeness (QED) is 0.879. The first-order valence-corrected chi connectivity index (χ1v) is 9.77. The zero-order valence-corrected chi connectivity index (χ0v) is 16.4. The Kier molecular flexibility index (Phi) is 4.75. The minimum Gasteiger partial charge on any atom is -0.481 e. The van der Waals surface area contributed by atoms with Crippen molar-refractivity contribution in [2.24, 2.45) is 5.92 Å². The molecule has 3 heterocycles. The molecule has 148 valence electrons. The maximum Gasteiger partial charge on any atom is 0.309 e. The zero-order chi connectivity index (χ0) is 19.9. The van der Waals surface area contributed by atoms with Gasteiger partial charge in [0.05, 0.1) is 11.5 Å². The van der Waals surface area contributed by atoms with Crippen LogP contribution in [-0.4, -0.2) is 52.5 Å². The summed E-state index contributed by atoms with van der Waals surface area (Å²) >= 11 is 0. The van der Waals surface area contributed by atoms with Gasteiger partial charge in [0.1, 0.15) is 11.5 Å². The topological polar surface area (TPSA) is 74.0 Å². The van der Waals surface area contributed by atoms with Crippen LogP contribution >= 0.6 is 0 Å². The molecule has 0 unspecified atom stereocenters. The van der Waals surface area contributed by atoms with Crippen molar-refractivity contribution < 1.29 is 19.1 Å². The molecule has 1 N–H and O–H groups in total. The third-order valence-electron chi connectivity index (χ3n) is 6.47. The molecule has 6 heteroatoms. The molecule has 2 aliphatic heterocycles. The molecule has 0 radical (unpaired) electrons. The summed E-state index contributed by atoms with van der Waals surface area (Å²) in [6.45, 7) is 4.34. The number of furan rings is 1. The number of amides is 1. The second-order valence-corrected chi connectivity index (χ2v) is 8.03. The van der Waals surface area contributed by atoms with E-state index >= 15 is 0 Å².